The van der Waals surface area contributed by atoms with Crippen LogP contribution in [0.4, 0.5) is 0 Å². The predicted molar refractivity (Wildman–Crippen MR) is 430 cm³/mol. The second-order valence-corrected chi connectivity index (χ2v) is 31.3. The lowest BCUT2D eigenvalue weighted by Gasteiger charge is -2.20. The zero-order valence-electron chi connectivity index (χ0n) is 66.4. The second kappa shape index (κ2) is 86.7. The van der Waals surface area contributed by atoms with Crippen LogP contribution in [0.15, 0.2) is 24.3 Å². The van der Waals surface area contributed by atoms with Crippen molar-refractivity contribution in [2.24, 2.45) is 0 Å². The Morgan fingerprint density at radius 3 is 0.732 bits per heavy atom. The zero-order valence-corrected chi connectivity index (χ0v) is 66.4. The fourth-order valence-electron chi connectivity index (χ4n) is 14.6. The third-order valence-electron chi connectivity index (χ3n) is 21.5. The molecular weight excluding hydrogens is 1190 g/mol. The van der Waals surface area contributed by atoms with Gasteiger partial charge >= 0.3 is 5.97 Å². The van der Waals surface area contributed by atoms with Gasteiger partial charge in [0.25, 0.3) is 0 Å². The van der Waals surface area contributed by atoms with Crippen LogP contribution in [0.5, 0.6) is 0 Å². The minimum atomic E-state index is -0.841. The fourth-order valence-corrected chi connectivity index (χ4v) is 14.6. The number of amides is 1. The number of allylic oxidation sites excluding steroid dienone is 3. The lowest BCUT2D eigenvalue weighted by molar-refractivity contribution is -0.143. The third-order valence-corrected chi connectivity index (χ3v) is 21.5. The molecule has 0 saturated carbocycles. The highest BCUT2D eigenvalue weighted by Gasteiger charge is 2.18. The molecule has 0 saturated heterocycles. The SMILES string of the molecule is CCCCCCCC/C=C\CCCCCCCCCCCC(=O)OCCCCCCCCCCCCCCCCCCCCCCCCCCCCCCCCCCCCCCCCCC(=O)NC(CO)C(O)/C=C/CCCCCCCCCCCCCCCCCCCCCC. The smallest absolute Gasteiger partial charge is 0.305 e. The van der Waals surface area contributed by atoms with Gasteiger partial charge in [-0.05, 0) is 57.8 Å². The molecule has 0 aromatic carbocycles. The molecular formula is C91H177NO5. The Labute approximate surface area is 609 Å². The van der Waals surface area contributed by atoms with Gasteiger partial charge in [0.15, 0.2) is 0 Å². The van der Waals surface area contributed by atoms with E-state index in [0.717, 1.165) is 38.5 Å². The molecule has 0 radical (unpaired) electrons. The summed E-state index contributed by atoms with van der Waals surface area (Å²) < 4.78 is 5.53. The lowest BCUT2D eigenvalue weighted by Crippen LogP contribution is -2.45. The Balaban J connectivity index is 3.31. The van der Waals surface area contributed by atoms with E-state index in [9.17, 15) is 19.8 Å². The van der Waals surface area contributed by atoms with Gasteiger partial charge < -0.3 is 20.3 Å². The number of hydrogen-bond donors (Lipinski definition) is 3. The van der Waals surface area contributed by atoms with Crippen molar-refractivity contribution >= 4 is 11.9 Å². The van der Waals surface area contributed by atoms with E-state index in [1.54, 1.807) is 6.08 Å². The maximum Gasteiger partial charge on any atom is 0.305 e. The highest BCUT2D eigenvalue weighted by atomic mass is 16.5. The molecule has 0 fully saturated rings. The van der Waals surface area contributed by atoms with E-state index in [1.165, 1.54) is 456 Å². The molecule has 0 aliphatic carbocycles. The van der Waals surface area contributed by atoms with E-state index in [0.29, 0.717) is 19.4 Å². The van der Waals surface area contributed by atoms with Gasteiger partial charge in [-0.2, -0.15) is 0 Å². The maximum atomic E-state index is 12.6. The first-order chi connectivity index (χ1) is 48.0. The normalized spacial score (nSPS) is 12.5. The van der Waals surface area contributed by atoms with Gasteiger partial charge in [0.05, 0.1) is 25.4 Å². The van der Waals surface area contributed by atoms with Crippen LogP contribution in [0.25, 0.3) is 0 Å². The highest BCUT2D eigenvalue weighted by molar-refractivity contribution is 5.76. The van der Waals surface area contributed by atoms with Gasteiger partial charge in [-0.1, -0.05) is 475 Å². The molecule has 0 aromatic heterocycles. The van der Waals surface area contributed by atoms with Crippen molar-refractivity contribution in [2.45, 2.75) is 533 Å². The molecule has 3 N–H and O–H groups in total. The van der Waals surface area contributed by atoms with E-state index in [-0.39, 0.29) is 18.5 Å². The molecule has 1 amide bonds. The number of hydrogen-bond acceptors (Lipinski definition) is 5. The number of aliphatic hydroxyl groups is 2. The topological polar surface area (TPSA) is 95.9 Å². The molecule has 2 unspecified atom stereocenters. The average Bonchev–Trinajstić information content (AvgIpc) is 2.51. The van der Waals surface area contributed by atoms with Gasteiger partial charge in [0, 0.05) is 12.8 Å². The van der Waals surface area contributed by atoms with E-state index >= 15 is 0 Å². The summed E-state index contributed by atoms with van der Waals surface area (Å²) >= 11 is 0. The Hall–Kier alpha value is -1.66. The molecule has 0 spiro atoms. The number of nitrogens with one attached hydrogen (secondary N) is 1. The zero-order chi connectivity index (χ0) is 69.8. The number of aliphatic hydroxyl groups excluding tert-OH is 2. The Kier molecular flexibility index (Phi) is 85.3. The quantitative estimate of drug-likeness (QED) is 0.0320. The fraction of sp³-hybridized carbons (Fsp3) is 0.934. The second-order valence-electron chi connectivity index (χ2n) is 31.3. The van der Waals surface area contributed by atoms with Crippen LogP contribution < -0.4 is 5.32 Å². The predicted octanol–water partition coefficient (Wildman–Crippen LogP) is 30.3. The van der Waals surface area contributed by atoms with Gasteiger partial charge in [-0.3, -0.25) is 9.59 Å². The van der Waals surface area contributed by atoms with Crippen molar-refractivity contribution < 1.29 is 24.5 Å². The van der Waals surface area contributed by atoms with Gasteiger partial charge in [0.1, 0.15) is 0 Å². The summed E-state index contributed by atoms with van der Waals surface area (Å²) in [6.45, 7) is 4.97. The summed E-state index contributed by atoms with van der Waals surface area (Å²) in [5.41, 5.74) is 0. The number of carbonyl (C=O) groups is 2. The largest absolute Gasteiger partial charge is 0.466 e. The Morgan fingerprint density at radius 1 is 0.278 bits per heavy atom. The van der Waals surface area contributed by atoms with Crippen LogP contribution in [-0.4, -0.2) is 47.4 Å². The number of carbonyl (C=O) groups excluding carboxylic acids is 2. The van der Waals surface area contributed by atoms with E-state index in [4.69, 9.17) is 4.74 Å². The standard InChI is InChI=1S/C91H177NO5/c1-3-5-7-9-11-13-15-17-19-21-23-24-44-48-51-55-59-63-67-71-75-79-83-89(94)88(87-93)92-90(95)84-80-76-72-68-64-60-56-52-49-45-42-40-38-36-34-32-30-28-26-25-27-29-31-33-35-37-39-41-43-46-50-54-58-62-66-70-74-78-82-86-97-91(96)85-81-77-73-69-65-61-57-53-47-22-20-18-16-14-12-10-8-6-4-2/h18,20,79,83,88-89,93-94H,3-17,19,21-78,80-82,84-87H2,1-2H3,(H,92,95)/b20-18-,83-79+. The lowest BCUT2D eigenvalue weighted by atomic mass is 10.0. The van der Waals surface area contributed by atoms with Gasteiger partial charge in [-0.25, -0.2) is 0 Å². The summed E-state index contributed by atoms with van der Waals surface area (Å²) in [6, 6.07) is -0.624. The first-order valence-corrected chi connectivity index (χ1v) is 45.1. The van der Waals surface area contributed by atoms with Crippen LogP contribution in [0.1, 0.15) is 521 Å². The molecule has 0 bridgehead atoms. The number of ether oxygens (including phenoxy) is 1. The molecule has 0 aliphatic rings. The van der Waals surface area contributed by atoms with Crippen molar-refractivity contribution in [1.82, 2.24) is 5.32 Å². The molecule has 97 heavy (non-hydrogen) atoms. The molecule has 6 nitrogen and oxygen atoms in total. The summed E-state index contributed by atoms with van der Waals surface area (Å²) in [5, 5.41) is 23.3. The van der Waals surface area contributed by atoms with Crippen molar-refractivity contribution in [2.75, 3.05) is 13.2 Å². The molecule has 2 atom stereocenters. The van der Waals surface area contributed by atoms with E-state index in [2.05, 4.69) is 31.3 Å². The summed E-state index contributed by atoms with van der Waals surface area (Å²) in [4.78, 5) is 24.7. The molecule has 6 heteroatoms. The van der Waals surface area contributed by atoms with Crippen molar-refractivity contribution in [3.05, 3.63) is 24.3 Å². The first-order valence-electron chi connectivity index (χ1n) is 45.1. The molecule has 0 aromatic rings. The monoisotopic (exact) mass is 1360 g/mol. The molecule has 576 valence electrons. The maximum absolute atomic E-state index is 12.6. The highest BCUT2D eigenvalue weighted by Crippen LogP contribution is 2.21. The third kappa shape index (κ3) is 83.2. The van der Waals surface area contributed by atoms with Crippen LogP contribution >= 0.6 is 0 Å². The van der Waals surface area contributed by atoms with Crippen molar-refractivity contribution in [3.8, 4) is 0 Å². The van der Waals surface area contributed by atoms with Crippen LogP contribution in [0.3, 0.4) is 0 Å². The summed E-state index contributed by atoms with van der Waals surface area (Å²) in [7, 11) is 0. The van der Waals surface area contributed by atoms with Gasteiger partial charge in [-0.15, -0.1) is 0 Å². The Bertz CT molecular complexity index is 1530. The number of esters is 1. The van der Waals surface area contributed by atoms with Crippen LogP contribution in [-0.2, 0) is 14.3 Å². The first kappa shape index (κ1) is 95.3. The molecule has 0 heterocycles. The molecule has 0 aliphatic heterocycles. The van der Waals surface area contributed by atoms with Crippen LogP contribution in [0.2, 0.25) is 0 Å². The average molecular weight is 1370 g/mol. The van der Waals surface area contributed by atoms with Crippen molar-refractivity contribution in [3.63, 3.8) is 0 Å². The summed E-state index contributed by atoms with van der Waals surface area (Å²) in [6.07, 6.45) is 114. The minimum Gasteiger partial charge on any atom is -0.466 e. The number of rotatable bonds is 86. The van der Waals surface area contributed by atoms with Gasteiger partial charge in [0.2, 0.25) is 5.91 Å². The van der Waals surface area contributed by atoms with E-state index in [1.807, 2.05) is 6.08 Å². The molecule has 0 rings (SSSR count). The van der Waals surface area contributed by atoms with Crippen molar-refractivity contribution in [1.29, 1.82) is 0 Å². The number of unbranched alkanes of at least 4 members (excludes halogenated alkanes) is 73. The summed E-state index contributed by atoms with van der Waals surface area (Å²) in [5.74, 6) is -0.0314. The Morgan fingerprint density at radius 2 is 0.485 bits per heavy atom. The van der Waals surface area contributed by atoms with Crippen LogP contribution in [0, 0.1) is 0 Å². The minimum absolute atomic E-state index is 0.0248. The van der Waals surface area contributed by atoms with E-state index < -0.39 is 12.1 Å².